The lowest BCUT2D eigenvalue weighted by Gasteiger charge is -2.19. The summed E-state index contributed by atoms with van der Waals surface area (Å²) in [5.41, 5.74) is -0.432. The molecule has 0 radical (unpaired) electrons. The maximum Gasteiger partial charge on any atom is 0.332 e. The van der Waals surface area contributed by atoms with Crippen LogP contribution in [0.25, 0.3) is 0 Å². The van der Waals surface area contributed by atoms with Crippen LogP contribution in [0.4, 0.5) is 0 Å². The second-order valence-corrected chi connectivity index (χ2v) is 4.69. The van der Waals surface area contributed by atoms with E-state index in [1.54, 1.807) is 7.11 Å². The summed E-state index contributed by atoms with van der Waals surface area (Å²) < 4.78 is 15.2. The number of methoxy groups -OCH3 is 1. The largest absolute Gasteiger partial charge is 0.458 e. The molecule has 0 fully saturated rings. The van der Waals surface area contributed by atoms with Crippen molar-refractivity contribution in [2.24, 2.45) is 0 Å². The summed E-state index contributed by atoms with van der Waals surface area (Å²) in [4.78, 5) is 11.2. The number of hydrogen-bond acceptors (Lipinski definition) is 4. The maximum atomic E-state index is 11.2. The molecular weight excluding hydrogens is 208 g/mol. The third-order valence-electron chi connectivity index (χ3n) is 1.78. The van der Waals surface area contributed by atoms with Gasteiger partial charge in [0.05, 0.1) is 0 Å². The summed E-state index contributed by atoms with van der Waals surface area (Å²) in [5, 5.41) is 0. The first-order chi connectivity index (χ1) is 7.45. The first-order valence-electron chi connectivity index (χ1n) is 5.74. The van der Waals surface area contributed by atoms with Gasteiger partial charge >= 0.3 is 5.97 Å². The number of esters is 1. The van der Waals surface area contributed by atoms with Gasteiger partial charge < -0.3 is 14.2 Å². The molecule has 0 aromatic rings. The van der Waals surface area contributed by atoms with E-state index in [1.807, 2.05) is 20.8 Å². The number of rotatable bonds is 8. The smallest absolute Gasteiger partial charge is 0.332 e. The minimum Gasteiger partial charge on any atom is -0.458 e. The Morgan fingerprint density at radius 3 is 2.25 bits per heavy atom. The molecule has 96 valence electrons. The van der Waals surface area contributed by atoms with Crippen molar-refractivity contribution >= 4 is 5.97 Å². The molecule has 0 aliphatic rings. The first-order valence-corrected chi connectivity index (χ1v) is 5.74. The SMILES string of the molecule is COCCCCCOCC(=O)OC(C)(C)C. The molecular formula is C12H24O4. The lowest BCUT2D eigenvalue weighted by Crippen LogP contribution is -2.26. The Balaban J connectivity index is 3.28. The highest BCUT2D eigenvalue weighted by Gasteiger charge is 2.15. The fraction of sp³-hybridized carbons (Fsp3) is 0.917. The van der Waals surface area contributed by atoms with Gasteiger partial charge in [0.1, 0.15) is 12.2 Å². The van der Waals surface area contributed by atoms with Crippen molar-refractivity contribution in [3.63, 3.8) is 0 Å². The van der Waals surface area contributed by atoms with Crippen LogP contribution in [0.1, 0.15) is 40.0 Å². The monoisotopic (exact) mass is 232 g/mol. The maximum absolute atomic E-state index is 11.2. The van der Waals surface area contributed by atoms with Gasteiger partial charge in [-0.2, -0.15) is 0 Å². The van der Waals surface area contributed by atoms with Gasteiger partial charge in [0.15, 0.2) is 0 Å². The third kappa shape index (κ3) is 11.5. The second-order valence-electron chi connectivity index (χ2n) is 4.69. The van der Waals surface area contributed by atoms with E-state index in [-0.39, 0.29) is 12.6 Å². The van der Waals surface area contributed by atoms with E-state index < -0.39 is 5.60 Å². The van der Waals surface area contributed by atoms with Crippen molar-refractivity contribution in [2.75, 3.05) is 26.9 Å². The van der Waals surface area contributed by atoms with Gasteiger partial charge in [0.25, 0.3) is 0 Å². The van der Waals surface area contributed by atoms with E-state index in [0.29, 0.717) is 6.61 Å². The van der Waals surface area contributed by atoms with E-state index in [0.717, 1.165) is 25.9 Å². The third-order valence-corrected chi connectivity index (χ3v) is 1.78. The Hall–Kier alpha value is -0.610. The lowest BCUT2D eigenvalue weighted by atomic mass is 10.2. The minimum atomic E-state index is -0.432. The number of carbonyl (C=O) groups is 1. The van der Waals surface area contributed by atoms with Crippen molar-refractivity contribution in [1.82, 2.24) is 0 Å². The molecule has 0 N–H and O–H groups in total. The highest BCUT2D eigenvalue weighted by molar-refractivity contribution is 5.71. The Bertz CT molecular complexity index is 184. The topological polar surface area (TPSA) is 44.8 Å². The molecule has 0 aliphatic carbocycles. The molecule has 16 heavy (non-hydrogen) atoms. The molecule has 0 spiro atoms. The molecule has 0 rings (SSSR count). The Morgan fingerprint density at radius 2 is 1.69 bits per heavy atom. The Morgan fingerprint density at radius 1 is 1.06 bits per heavy atom. The average molecular weight is 232 g/mol. The van der Waals surface area contributed by atoms with Gasteiger partial charge in [-0.15, -0.1) is 0 Å². The van der Waals surface area contributed by atoms with Gasteiger partial charge in [-0.3, -0.25) is 0 Å². The van der Waals surface area contributed by atoms with Gasteiger partial charge in [0.2, 0.25) is 0 Å². The van der Waals surface area contributed by atoms with E-state index in [2.05, 4.69) is 0 Å². The van der Waals surface area contributed by atoms with Crippen molar-refractivity contribution in [3.8, 4) is 0 Å². The fourth-order valence-corrected chi connectivity index (χ4v) is 1.15. The summed E-state index contributed by atoms with van der Waals surface area (Å²) in [6.45, 7) is 6.96. The molecule has 0 unspecified atom stereocenters. The molecule has 4 nitrogen and oxygen atoms in total. The Labute approximate surface area is 98.3 Å². The van der Waals surface area contributed by atoms with Gasteiger partial charge in [0, 0.05) is 20.3 Å². The van der Waals surface area contributed by atoms with E-state index in [9.17, 15) is 4.79 Å². The molecule has 0 saturated heterocycles. The molecule has 0 amide bonds. The van der Waals surface area contributed by atoms with Crippen molar-refractivity contribution in [2.45, 2.75) is 45.6 Å². The van der Waals surface area contributed by atoms with Crippen molar-refractivity contribution < 1.29 is 19.0 Å². The molecule has 0 bridgehead atoms. The van der Waals surface area contributed by atoms with Crippen molar-refractivity contribution in [3.05, 3.63) is 0 Å². The van der Waals surface area contributed by atoms with Crippen LogP contribution in [-0.4, -0.2) is 38.5 Å². The zero-order chi connectivity index (χ0) is 12.4. The second kappa shape index (κ2) is 8.53. The molecule has 0 aliphatic heterocycles. The molecule has 0 heterocycles. The molecule has 0 atom stereocenters. The normalized spacial score (nSPS) is 11.5. The number of hydrogen-bond donors (Lipinski definition) is 0. The zero-order valence-electron chi connectivity index (χ0n) is 10.9. The molecule has 0 saturated carbocycles. The fourth-order valence-electron chi connectivity index (χ4n) is 1.15. The number of unbranched alkanes of at least 4 members (excludes halogenated alkanes) is 2. The summed E-state index contributed by atoms with van der Waals surface area (Å²) >= 11 is 0. The van der Waals surface area contributed by atoms with Crippen LogP contribution >= 0.6 is 0 Å². The van der Waals surface area contributed by atoms with E-state index in [4.69, 9.17) is 14.2 Å². The summed E-state index contributed by atoms with van der Waals surface area (Å²) in [6.07, 6.45) is 3.04. The zero-order valence-corrected chi connectivity index (χ0v) is 10.9. The van der Waals surface area contributed by atoms with Crippen LogP contribution in [0, 0.1) is 0 Å². The predicted molar refractivity (Wildman–Crippen MR) is 62.4 cm³/mol. The van der Waals surface area contributed by atoms with Crippen LogP contribution in [0.5, 0.6) is 0 Å². The molecule has 0 aromatic heterocycles. The first kappa shape index (κ1) is 15.4. The summed E-state index contributed by atoms with van der Waals surface area (Å²) in [6, 6.07) is 0. The van der Waals surface area contributed by atoms with Gasteiger partial charge in [-0.25, -0.2) is 4.79 Å². The van der Waals surface area contributed by atoms with E-state index in [1.165, 1.54) is 0 Å². The lowest BCUT2D eigenvalue weighted by molar-refractivity contribution is -0.160. The highest BCUT2D eigenvalue weighted by atomic mass is 16.6. The van der Waals surface area contributed by atoms with Crippen LogP contribution in [-0.2, 0) is 19.0 Å². The molecule has 0 aromatic carbocycles. The summed E-state index contributed by atoms with van der Waals surface area (Å²) in [7, 11) is 1.69. The van der Waals surface area contributed by atoms with Crippen LogP contribution in [0.15, 0.2) is 0 Å². The average Bonchev–Trinajstić information content (AvgIpc) is 2.13. The number of ether oxygens (including phenoxy) is 3. The number of carbonyl (C=O) groups excluding carboxylic acids is 1. The van der Waals surface area contributed by atoms with Crippen LogP contribution in [0.3, 0.4) is 0 Å². The van der Waals surface area contributed by atoms with Crippen LogP contribution < -0.4 is 0 Å². The highest BCUT2D eigenvalue weighted by Crippen LogP contribution is 2.06. The van der Waals surface area contributed by atoms with Crippen LogP contribution in [0.2, 0.25) is 0 Å². The quantitative estimate of drug-likeness (QED) is 0.475. The molecule has 4 heteroatoms. The van der Waals surface area contributed by atoms with Gasteiger partial charge in [-0.1, -0.05) is 0 Å². The predicted octanol–water partition coefficient (Wildman–Crippen LogP) is 2.16. The van der Waals surface area contributed by atoms with Gasteiger partial charge in [-0.05, 0) is 40.0 Å². The minimum absolute atomic E-state index is 0.0432. The van der Waals surface area contributed by atoms with E-state index >= 15 is 0 Å². The Kier molecular flexibility index (Phi) is 8.21. The standard InChI is InChI=1S/C12H24O4/c1-12(2,3)16-11(13)10-15-9-7-5-6-8-14-4/h5-10H2,1-4H3. The van der Waals surface area contributed by atoms with Crippen molar-refractivity contribution in [1.29, 1.82) is 0 Å². The summed E-state index contributed by atoms with van der Waals surface area (Å²) in [5.74, 6) is -0.301.